The van der Waals surface area contributed by atoms with E-state index >= 15 is 0 Å². The summed E-state index contributed by atoms with van der Waals surface area (Å²) in [6, 6.07) is 16.4. The zero-order valence-corrected chi connectivity index (χ0v) is 16.3. The first-order valence-corrected chi connectivity index (χ1v) is 10.6. The van der Waals surface area contributed by atoms with Crippen LogP contribution < -0.4 is 14.8 Å². The van der Waals surface area contributed by atoms with Gasteiger partial charge in [-0.15, -0.1) is 11.8 Å². The summed E-state index contributed by atoms with van der Waals surface area (Å²) >= 11 is 1.67. The maximum atomic E-state index is 12.8. The van der Waals surface area contributed by atoms with Gasteiger partial charge in [0.15, 0.2) is 11.5 Å². The third-order valence-electron chi connectivity index (χ3n) is 5.03. The van der Waals surface area contributed by atoms with E-state index in [-0.39, 0.29) is 17.2 Å². The van der Waals surface area contributed by atoms with Crippen molar-refractivity contribution in [2.75, 3.05) is 13.2 Å². The van der Waals surface area contributed by atoms with Gasteiger partial charge in [0.05, 0.1) is 11.3 Å². The van der Waals surface area contributed by atoms with Crippen LogP contribution in [0.25, 0.3) is 0 Å². The number of rotatable bonds is 7. The van der Waals surface area contributed by atoms with Gasteiger partial charge in [0.1, 0.15) is 13.2 Å². The second-order valence-electron chi connectivity index (χ2n) is 7.17. The van der Waals surface area contributed by atoms with Gasteiger partial charge in [0, 0.05) is 5.75 Å². The fraction of sp³-hybridized carbons (Fsp3) is 0.409. The molecule has 1 saturated carbocycles. The third-order valence-corrected chi connectivity index (χ3v) is 6.24. The van der Waals surface area contributed by atoms with E-state index in [4.69, 9.17) is 9.47 Å². The summed E-state index contributed by atoms with van der Waals surface area (Å²) in [5.41, 5.74) is 2.35. The number of amides is 1. The Balaban J connectivity index is 1.40. The van der Waals surface area contributed by atoms with Crippen molar-refractivity contribution in [2.24, 2.45) is 5.92 Å². The molecule has 1 aliphatic heterocycles. The zero-order chi connectivity index (χ0) is 18.6. The monoisotopic (exact) mass is 383 g/mol. The number of thioether (sulfide) groups is 1. The fourth-order valence-corrected chi connectivity index (χ4v) is 4.15. The largest absolute Gasteiger partial charge is 0.486 e. The maximum Gasteiger partial charge on any atom is 0.233 e. The minimum Gasteiger partial charge on any atom is -0.486 e. The number of hydrogen-bond acceptors (Lipinski definition) is 4. The van der Waals surface area contributed by atoms with E-state index in [9.17, 15) is 4.79 Å². The van der Waals surface area contributed by atoms with Crippen LogP contribution in [0.3, 0.4) is 0 Å². The maximum absolute atomic E-state index is 12.8. The molecule has 0 radical (unpaired) electrons. The number of hydrogen-bond donors (Lipinski definition) is 1. The van der Waals surface area contributed by atoms with E-state index < -0.39 is 0 Å². The molecule has 2 atom stereocenters. The second-order valence-corrected chi connectivity index (χ2v) is 8.49. The van der Waals surface area contributed by atoms with E-state index in [1.165, 1.54) is 5.56 Å². The Hall–Kier alpha value is -2.14. The summed E-state index contributed by atoms with van der Waals surface area (Å²) in [5.74, 6) is 3.03. The predicted molar refractivity (Wildman–Crippen MR) is 108 cm³/mol. The summed E-state index contributed by atoms with van der Waals surface area (Å²) in [6.07, 6.45) is 2.32. The topological polar surface area (TPSA) is 47.6 Å². The van der Waals surface area contributed by atoms with Crippen molar-refractivity contribution in [2.45, 2.75) is 36.8 Å². The molecule has 2 aromatic carbocycles. The van der Waals surface area contributed by atoms with Gasteiger partial charge in [-0.2, -0.15) is 0 Å². The molecule has 0 bridgehead atoms. The van der Waals surface area contributed by atoms with Crippen molar-refractivity contribution in [1.29, 1.82) is 0 Å². The number of benzene rings is 2. The predicted octanol–water partition coefficient (Wildman–Crippen LogP) is 4.35. The molecule has 4 rings (SSSR count). The van der Waals surface area contributed by atoms with Crippen LogP contribution in [-0.2, 0) is 10.5 Å². The molecule has 1 amide bonds. The number of carbonyl (C=O) groups excluding carboxylic acids is 1. The molecule has 5 heteroatoms. The molecular formula is C22H25NO3S. The lowest BCUT2D eigenvalue weighted by atomic mass is 10.0. The van der Waals surface area contributed by atoms with Gasteiger partial charge in [-0.3, -0.25) is 4.79 Å². The van der Waals surface area contributed by atoms with E-state index in [0.717, 1.165) is 35.7 Å². The quantitative estimate of drug-likeness (QED) is 0.772. The molecular weight excluding hydrogens is 358 g/mol. The summed E-state index contributed by atoms with van der Waals surface area (Å²) in [6.45, 7) is 3.14. The van der Waals surface area contributed by atoms with Gasteiger partial charge < -0.3 is 14.8 Å². The van der Waals surface area contributed by atoms with Gasteiger partial charge in [-0.05, 0) is 48.9 Å². The highest BCUT2D eigenvalue weighted by Gasteiger charge is 2.35. The summed E-state index contributed by atoms with van der Waals surface area (Å²) in [5, 5.41) is 3.19. The lowest BCUT2D eigenvalue weighted by Gasteiger charge is -2.24. The van der Waals surface area contributed by atoms with Crippen LogP contribution in [-0.4, -0.2) is 24.4 Å². The number of nitrogens with one attached hydrogen (secondary N) is 1. The van der Waals surface area contributed by atoms with Crippen molar-refractivity contribution in [3.05, 3.63) is 59.7 Å². The average molecular weight is 384 g/mol. The van der Waals surface area contributed by atoms with Crippen LogP contribution in [0.2, 0.25) is 0 Å². The Kier molecular flexibility index (Phi) is 5.58. The molecule has 1 fully saturated rings. The molecule has 0 saturated heterocycles. The molecule has 0 aromatic heterocycles. The van der Waals surface area contributed by atoms with Crippen molar-refractivity contribution in [1.82, 2.24) is 5.32 Å². The number of ether oxygens (including phenoxy) is 2. The van der Waals surface area contributed by atoms with Gasteiger partial charge in [-0.25, -0.2) is 0 Å². The standard InChI is InChI=1S/C22H25NO3S/c1-15(27-14-16-5-3-2-4-6-16)22(24)23-21(17-7-8-17)18-9-10-19-20(13-18)26-12-11-25-19/h2-6,9-10,13,15,17,21H,7-8,11-12,14H2,1H3,(H,23,24). The lowest BCUT2D eigenvalue weighted by molar-refractivity contribution is -0.121. The van der Waals surface area contributed by atoms with Crippen LogP contribution in [0.4, 0.5) is 0 Å². The number of fused-ring (bicyclic) bond motifs is 1. The fourth-order valence-electron chi connectivity index (χ4n) is 3.30. The Morgan fingerprint density at radius 2 is 1.85 bits per heavy atom. The van der Waals surface area contributed by atoms with Crippen LogP contribution >= 0.6 is 11.8 Å². The normalized spacial score (nSPS) is 17.8. The molecule has 1 aliphatic carbocycles. The highest BCUT2D eigenvalue weighted by Crippen LogP contribution is 2.43. The van der Waals surface area contributed by atoms with Crippen molar-refractivity contribution in [3.8, 4) is 11.5 Å². The number of carbonyl (C=O) groups is 1. The van der Waals surface area contributed by atoms with Crippen LogP contribution in [0, 0.1) is 5.92 Å². The van der Waals surface area contributed by atoms with Crippen LogP contribution in [0.5, 0.6) is 11.5 Å². The minimum absolute atomic E-state index is 0.0492. The molecule has 27 heavy (non-hydrogen) atoms. The molecule has 142 valence electrons. The molecule has 2 aromatic rings. The summed E-state index contributed by atoms with van der Waals surface area (Å²) < 4.78 is 11.3. The molecule has 2 unspecified atom stereocenters. The average Bonchev–Trinajstić information content (AvgIpc) is 3.55. The molecule has 4 nitrogen and oxygen atoms in total. The third kappa shape index (κ3) is 4.59. The summed E-state index contributed by atoms with van der Waals surface area (Å²) in [7, 11) is 0. The highest BCUT2D eigenvalue weighted by atomic mass is 32.2. The van der Waals surface area contributed by atoms with Gasteiger partial charge in [0.2, 0.25) is 5.91 Å². The first kappa shape index (κ1) is 18.2. The summed E-state index contributed by atoms with van der Waals surface area (Å²) in [4.78, 5) is 12.8. The first-order valence-electron chi connectivity index (χ1n) is 9.56. The lowest BCUT2D eigenvalue weighted by Crippen LogP contribution is -2.35. The SMILES string of the molecule is CC(SCc1ccccc1)C(=O)NC(c1ccc2c(c1)OCCO2)C1CC1. The van der Waals surface area contributed by atoms with Crippen molar-refractivity contribution >= 4 is 17.7 Å². The van der Waals surface area contributed by atoms with Gasteiger partial charge >= 0.3 is 0 Å². The Labute approximate surface area is 164 Å². The van der Waals surface area contributed by atoms with E-state index in [0.29, 0.717) is 19.1 Å². The second kappa shape index (κ2) is 8.26. The van der Waals surface area contributed by atoms with Crippen molar-refractivity contribution in [3.63, 3.8) is 0 Å². The van der Waals surface area contributed by atoms with Gasteiger partial charge in [-0.1, -0.05) is 36.4 Å². The zero-order valence-electron chi connectivity index (χ0n) is 15.5. The van der Waals surface area contributed by atoms with Crippen LogP contribution in [0.15, 0.2) is 48.5 Å². The minimum atomic E-state index is -0.0938. The Morgan fingerprint density at radius 3 is 2.59 bits per heavy atom. The van der Waals surface area contributed by atoms with E-state index in [1.54, 1.807) is 11.8 Å². The first-order chi connectivity index (χ1) is 13.2. The van der Waals surface area contributed by atoms with E-state index in [1.807, 2.05) is 37.3 Å². The highest BCUT2D eigenvalue weighted by molar-refractivity contribution is 7.99. The molecule has 2 aliphatic rings. The Morgan fingerprint density at radius 1 is 1.11 bits per heavy atom. The van der Waals surface area contributed by atoms with Crippen molar-refractivity contribution < 1.29 is 14.3 Å². The molecule has 1 heterocycles. The molecule has 0 spiro atoms. The van der Waals surface area contributed by atoms with E-state index in [2.05, 4.69) is 23.5 Å². The smallest absolute Gasteiger partial charge is 0.233 e. The Bertz CT molecular complexity index is 791. The molecule has 1 N–H and O–H groups in total. The van der Waals surface area contributed by atoms with Gasteiger partial charge in [0.25, 0.3) is 0 Å². The van der Waals surface area contributed by atoms with Crippen LogP contribution in [0.1, 0.15) is 36.9 Å².